The molecule has 3 aromatic carbocycles. The summed E-state index contributed by atoms with van der Waals surface area (Å²) in [6, 6.07) is 15.6. The third-order valence-corrected chi connectivity index (χ3v) is 8.66. The van der Waals surface area contributed by atoms with Crippen molar-refractivity contribution in [1.29, 1.82) is 0 Å². The lowest BCUT2D eigenvalue weighted by Crippen LogP contribution is -2.60. The SMILES string of the molecule is COC1C(NC(C)=O)CC2OC1(C)n1c3ccccc3c3c4c(c5c6ccccc6n2c5c31)C(=O)NC4O. The van der Waals surface area contributed by atoms with Crippen LogP contribution >= 0.6 is 0 Å². The maximum atomic E-state index is 13.4. The molecule has 1 fully saturated rings. The first-order chi connectivity index (χ1) is 18.3. The van der Waals surface area contributed by atoms with Gasteiger partial charge in [-0.25, -0.2) is 0 Å². The monoisotopic (exact) mass is 510 g/mol. The van der Waals surface area contributed by atoms with E-state index in [0.29, 0.717) is 17.5 Å². The van der Waals surface area contributed by atoms with E-state index < -0.39 is 24.3 Å². The summed E-state index contributed by atoms with van der Waals surface area (Å²) < 4.78 is 17.5. The molecule has 3 aliphatic heterocycles. The Morgan fingerprint density at radius 1 is 1.11 bits per heavy atom. The third kappa shape index (κ3) is 2.42. The minimum atomic E-state index is -1.13. The van der Waals surface area contributed by atoms with Gasteiger partial charge in [-0.05, 0) is 19.1 Å². The highest BCUT2D eigenvalue weighted by atomic mass is 16.6. The van der Waals surface area contributed by atoms with E-state index in [0.717, 1.165) is 43.6 Å². The van der Waals surface area contributed by atoms with Gasteiger partial charge >= 0.3 is 0 Å². The number of para-hydroxylation sites is 2. The standard InChI is InChI=1S/C29H26N4O5/c1-13(34)30-16-12-19-32-17-10-6-4-8-14(17)20-22-23(28(36)31-27(22)35)21-15-9-5-7-11-18(15)33(25(21)24(20)32)29(2,38-19)26(16)37-3/h4-11,16,19,26,28,36H,12H2,1-3H3,(H,30,34)(H,31,35). The minimum absolute atomic E-state index is 0.138. The first-order valence-electron chi connectivity index (χ1n) is 12.8. The van der Waals surface area contributed by atoms with Crippen LogP contribution in [0.3, 0.4) is 0 Å². The molecule has 3 N–H and O–H groups in total. The Kier molecular flexibility index (Phi) is 4.15. The molecule has 8 rings (SSSR count). The number of carbonyl (C=O) groups excluding carboxylic acids is 2. The van der Waals surface area contributed by atoms with Crippen molar-refractivity contribution in [1.82, 2.24) is 19.8 Å². The van der Waals surface area contributed by atoms with Gasteiger partial charge in [0, 0.05) is 47.6 Å². The Bertz CT molecular complexity index is 1890. The molecule has 2 aromatic heterocycles. The first-order valence-corrected chi connectivity index (χ1v) is 12.8. The summed E-state index contributed by atoms with van der Waals surface area (Å²) in [5.41, 5.74) is 3.65. The molecule has 9 nitrogen and oxygen atoms in total. The summed E-state index contributed by atoms with van der Waals surface area (Å²) in [5, 5.41) is 20.5. The van der Waals surface area contributed by atoms with Crippen molar-refractivity contribution >= 4 is 55.4 Å². The molecule has 5 aromatic rings. The molecular weight excluding hydrogens is 484 g/mol. The molecule has 3 aliphatic rings. The van der Waals surface area contributed by atoms with E-state index in [-0.39, 0.29) is 17.9 Å². The fourth-order valence-corrected chi connectivity index (χ4v) is 7.51. The Morgan fingerprint density at radius 2 is 1.79 bits per heavy atom. The van der Waals surface area contributed by atoms with E-state index >= 15 is 0 Å². The summed E-state index contributed by atoms with van der Waals surface area (Å²) in [6.45, 7) is 3.52. The van der Waals surface area contributed by atoms with Crippen LogP contribution in [0.5, 0.6) is 0 Å². The van der Waals surface area contributed by atoms with Gasteiger partial charge in [0.25, 0.3) is 5.91 Å². The number of fused-ring (bicyclic) bond motifs is 13. The van der Waals surface area contributed by atoms with Gasteiger partial charge in [0.2, 0.25) is 5.91 Å². The number of methoxy groups -OCH3 is 1. The highest BCUT2D eigenvalue weighted by Gasteiger charge is 2.54. The molecule has 0 aliphatic carbocycles. The van der Waals surface area contributed by atoms with Crippen molar-refractivity contribution in [3.63, 3.8) is 0 Å². The molecule has 5 unspecified atom stereocenters. The van der Waals surface area contributed by atoms with Crippen molar-refractivity contribution in [3.05, 3.63) is 59.7 Å². The summed E-state index contributed by atoms with van der Waals surface area (Å²) in [6.07, 6.45) is -1.60. The van der Waals surface area contributed by atoms with Crippen LogP contribution in [0.4, 0.5) is 0 Å². The number of aliphatic hydroxyl groups is 1. The predicted octanol–water partition coefficient (Wildman–Crippen LogP) is 3.76. The van der Waals surface area contributed by atoms with Gasteiger partial charge in [-0.3, -0.25) is 9.59 Å². The van der Waals surface area contributed by atoms with Crippen LogP contribution in [-0.4, -0.2) is 45.3 Å². The number of carbonyl (C=O) groups is 2. The van der Waals surface area contributed by atoms with Crippen molar-refractivity contribution in [2.75, 3.05) is 7.11 Å². The number of hydrogen-bond donors (Lipinski definition) is 3. The van der Waals surface area contributed by atoms with Gasteiger partial charge in [0.1, 0.15) is 12.3 Å². The molecule has 0 radical (unpaired) electrons. The Balaban J connectivity index is 1.67. The van der Waals surface area contributed by atoms with Crippen molar-refractivity contribution in [2.45, 2.75) is 50.6 Å². The number of amides is 2. The average Bonchev–Trinajstić information content (AvgIpc) is 3.48. The Labute approximate surface area is 216 Å². The van der Waals surface area contributed by atoms with E-state index in [4.69, 9.17) is 9.47 Å². The second-order valence-corrected chi connectivity index (χ2v) is 10.7. The molecule has 0 spiro atoms. The van der Waals surface area contributed by atoms with E-state index in [2.05, 4.69) is 19.8 Å². The minimum Gasteiger partial charge on any atom is -0.374 e. The highest BCUT2D eigenvalue weighted by molar-refractivity contribution is 6.31. The molecule has 192 valence electrons. The number of aliphatic hydroxyl groups excluding tert-OH is 1. The van der Waals surface area contributed by atoms with Crippen molar-refractivity contribution < 1.29 is 24.2 Å². The molecule has 38 heavy (non-hydrogen) atoms. The van der Waals surface area contributed by atoms with E-state index in [1.807, 2.05) is 55.5 Å². The number of ether oxygens (including phenoxy) is 2. The number of hydrogen-bond acceptors (Lipinski definition) is 5. The van der Waals surface area contributed by atoms with E-state index in [1.165, 1.54) is 6.92 Å². The van der Waals surface area contributed by atoms with Crippen LogP contribution < -0.4 is 10.6 Å². The fraction of sp³-hybridized carbons (Fsp3) is 0.310. The normalized spacial score (nSPS) is 27.8. The molecule has 5 atom stereocenters. The molecule has 9 heteroatoms. The van der Waals surface area contributed by atoms with E-state index in [9.17, 15) is 14.7 Å². The van der Waals surface area contributed by atoms with Crippen LogP contribution in [0.25, 0.3) is 43.6 Å². The molecule has 2 amide bonds. The Morgan fingerprint density at radius 3 is 2.50 bits per heavy atom. The van der Waals surface area contributed by atoms with Gasteiger partial charge in [0.05, 0.1) is 33.7 Å². The van der Waals surface area contributed by atoms with Gasteiger partial charge in [0.15, 0.2) is 12.0 Å². The van der Waals surface area contributed by atoms with Gasteiger partial charge in [-0.1, -0.05) is 36.4 Å². The molecule has 1 saturated heterocycles. The quantitative estimate of drug-likeness (QED) is 0.335. The molecule has 0 saturated carbocycles. The van der Waals surface area contributed by atoms with Crippen LogP contribution in [0.2, 0.25) is 0 Å². The highest BCUT2D eigenvalue weighted by Crippen LogP contribution is 2.54. The summed E-state index contributed by atoms with van der Waals surface area (Å²) >= 11 is 0. The zero-order valence-electron chi connectivity index (χ0n) is 21.1. The Hall–Kier alpha value is -3.92. The maximum absolute atomic E-state index is 13.4. The maximum Gasteiger partial charge on any atom is 0.254 e. The first kappa shape index (κ1) is 22.1. The largest absolute Gasteiger partial charge is 0.374 e. The number of nitrogens with one attached hydrogen (secondary N) is 2. The van der Waals surface area contributed by atoms with Crippen molar-refractivity contribution in [3.8, 4) is 0 Å². The number of benzene rings is 3. The van der Waals surface area contributed by atoms with Crippen LogP contribution in [0.1, 0.15) is 48.6 Å². The smallest absolute Gasteiger partial charge is 0.254 e. The van der Waals surface area contributed by atoms with Gasteiger partial charge in [-0.2, -0.15) is 0 Å². The lowest BCUT2D eigenvalue weighted by molar-refractivity contribution is -0.256. The third-order valence-electron chi connectivity index (χ3n) is 8.66. The van der Waals surface area contributed by atoms with Crippen molar-refractivity contribution in [2.24, 2.45) is 0 Å². The van der Waals surface area contributed by atoms with Crippen LogP contribution in [0.15, 0.2) is 48.5 Å². The molecule has 5 heterocycles. The zero-order chi connectivity index (χ0) is 26.1. The van der Waals surface area contributed by atoms with Gasteiger partial charge in [-0.15, -0.1) is 0 Å². The van der Waals surface area contributed by atoms with Crippen LogP contribution in [-0.2, 0) is 20.0 Å². The average molecular weight is 511 g/mol. The zero-order valence-corrected chi connectivity index (χ0v) is 21.1. The summed E-state index contributed by atoms with van der Waals surface area (Å²) in [7, 11) is 1.64. The number of nitrogens with zero attached hydrogens (tertiary/aromatic N) is 2. The van der Waals surface area contributed by atoms with E-state index in [1.54, 1.807) is 7.11 Å². The topological polar surface area (TPSA) is 107 Å². The molecule has 2 bridgehead atoms. The number of rotatable bonds is 2. The van der Waals surface area contributed by atoms with Crippen LogP contribution in [0, 0.1) is 0 Å². The lowest BCUT2D eigenvalue weighted by atomic mass is 9.92. The second-order valence-electron chi connectivity index (χ2n) is 10.7. The number of aromatic nitrogens is 2. The fourth-order valence-electron chi connectivity index (χ4n) is 7.51. The summed E-state index contributed by atoms with van der Waals surface area (Å²) in [4.78, 5) is 25.7. The second kappa shape index (κ2) is 7.13. The molecular formula is C29H26N4O5. The van der Waals surface area contributed by atoms with Gasteiger partial charge < -0.3 is 34.3 Å². The summed E-state index contributed by atoms with van der Waals surface area (Å²) in [5.74, 6) is -0.431. The lowest BCUT2D eigenvalue weighted by Gasteiger charge is -2.48. The predicted molar refractivity (Wildman–Crippen MR) is 142 cm³/mol.